The van der Waals surface area contributed by atoms with Crippen LogP contribution in [0.4, 0.5) is 5.69 Å². The Bertz CT molecular complexity index is 834. The third-order valence-corrected chi connectivity index (χ3v) is 5.26. The Labute approximate surface area is 163 Å². The highest BCUT2D eigenvalue weighted by molar-refractivity contribution is 7.98. The van der Waals surface area contributed by atoms with E-state index in [0.29, 0.717) is 12.8 Å². The molecule has 0 bridgehead atoms. The number of hydrogen-bond acceptors (Lipinski definition) is 6. The van der Waals surface area contributed by atoms with Crippen LogP contribution in [0, 0.1) is 24.0 Å². The van der Waals surface area contributed by atoms with Crippen molar-refractivity contribution in [1.29, 1.82) is 0 Å². The van der Waals surface area contributed by atoms with E-state index in [0.717, 1.165) is 27.7 Å². The van der Waals surface area contributed by atoms with E-state index in [9.17, 15) is 14.9 Å². The summed E-state index contributed by atoms with van der Waals surface area (Å²) in [5, 5.41) is 11.7. The van der Waals surface area contributed by atoms with Crippen molar-refractivity contribution >= 4 is 23.4 Å². The summed E-state index contributed by atoms with van der Waals surface area (Å²) in [7, 11) is 1.72. The number of benzene rings is 1. The van der Waals surface area contributed by atoms with Crippen molar-refractivity contribution in [1.82, 2.24) is 14.9 Å². The van der Waals surface area contributed by atoms with E-state index in [1.807, 2.05) is 27.0 Å². The highest BCUT2D eigenvalue weighted by atomic mass is 32.2. The summed E-state index contributed by atoms with van der Waals surface area (Å²) in [6, 6.07) is 6.14. The summed E-state index contributed by atoms with van der Waals surface area (Å²) in [6.45, 7) is 5.73. The molecule has 0 saturated heterocycles. The van der Waals surface area contributed by atoms with Gasteiger partial charge in [-0.15, -0.1) is 0 Å². The zero-order valence-corrected chi connectivity index (χ0v) is 17.0. The molecular weight excluding hydrogens is 364 g/mol. The van der Waals surface area contributed by atoms with Gasteiger partial charge < -0.3 is 4.90 Å². The molecule has 2 rings (SSSR count). The number of amides is 1. The second-order valence-electron chi connectivity index (χ2n) is 6.39. The van der Waals surface area contributed by atoms with Gasteiger partial charge in [-0.25, -0.2) is 9.97 Å². The van der Waals surface area contributed by atoms with E-state index in [1.165, 1.54) is 23.9 Å². The molecule has 0 N–H and O–H groups in total. The Hall–Kier alpha value is -2.48. The molecule has 2 aromatic rings. The van der Waals surface area contributed by atoms with Crippen LogP contribution in [0.3, 0.4) is 0 Å². The molecule has 1 amide bonds. The topological polar surface area (TPSA) is 89.2 Å². The smallest absolute Gasteiger partial charge is 0.269 e. The summed E-state index contributed by atoms with van der Waals surface area (Å²) in [4.78, 5) is 33.7. The van der Waals surface area contributed by atoms with Crippen LogP contribution in [0.2, 0.25) is 0 Å². The number of rotatable bonds is 7. The van der Waals surface area contributed by atoms with E-state index < -0.39 is 4.92 Å². The van der Waals surface area contributed by atoms with Crippen LogP contribution in [-0.2, 0) is 11.2 Å². The number of nitro benzene ring substituents is 1. The lowest BCUT2D eigenvalue weighted by atomic mass is 10.0. The second-order valence-corrected chi connectivity index (χ2v) is 7.17. The van der Waals surface area contributed by atoms with Crippen molar-refractivity contribution in [3.8, 4) is 0 Å². The summed E-state index contributed by atoms with van der Waals surface area (Å²) < 4.78 is 0. The van der Waals surface area contributed by atoms with Crippen LogP contribution in [0.25, 0.3) is 0 Å². The van der Waals surface area contributed by atoms with Crippen LogP contribution >= 0.6 is 11.8 Å². The van der Waals surface area contributed by atoms with Crippen molar-refractivity contribution in [2.45, 2.75) is 44.8 Å². The quantitative estimate of drug-likeness (QED) is 0.309. The fourth-order valence-electron chi connectivity index (χ4n) is 2.91. The van der Waals surface area contributed by atoms with Crippen molar-refractivity contribution in [3.05, 3.63) is 56.9 Å². The zero-order chi connectivity index (χ0) is 20.1. The molecule has 0 aliphatic rings. The predicted octanol–water partition coefficient (Wildman–Crippen LogP) is 3.88. The van der Waals surface area contributed by atoms with E-state index in [2.05, 4.69) is 9.97 Å². The maximum Gasteiger partial charge on any atom is 0.269 e. The molecule has 0 saturated carbocycles. The first-order valence-electron chi connectivity index (χ1n) is 8.62. The van der Waals surface area contributed by atoms with Crippen LogP contribution in [-0.4, -0.2) is 39.0 Å². The van der Waals surface area contributed by atoms with Gasteiger partial charge in [-0.3, -0.25) is 14.9 Å². The molecule has 0 radical (unpaired) electrons. The van der Waals surface area contributed by atoms with E-state index in [4.69, 9.17) is 0 Å². The molecule has 0 aliphatic heterocycles. The van der Waals surface area contributed by atoms with Gasteiger partial charge in [-0.2, -0.15) is 0 Å². The van der Waals surface area contributed by atoms with Gasteiger partial charge in [-0.05, 0) is 44.6 Å². The van der Waals surface area contributed by atoms with Gasteiger partial charge >= 0.3 is 0 Å². The Morgan fingerprint density at radius 3 is 2.48 bits per heavy atom. The number of carbonyl (C=O) groups excluding carboxylic acids is 1. The van der Waals surface area contributed by atoms with Crippen molar-refractivity contribution in [2.24, 2.45) is 0 Å². The van der Waals surface area contributed by atoms with E-state index in [-0.39, 0.29) is 17.6 Å². The van der Waals surface area contributed by atoms with Crippen LogP contribution in [0.1, 0.15) is 41.9 Å². The maximum atomic E-state index is 12.6. The summed E-state index contributed by atoms with van der Waals surface area (Å²) >= 11 is 1.49. The lowest BCUT2D eigenvalue weighted by Gasteiger charge is -2.25. The highest BCUT2D eigenvalue weighted by Crippen LogP contribution is 2.24. The molecule has 0 spiro atoms. The number of nitrogens with zero attached hydrogens (tertiary/aromatic N) is 4. The Balaban J connectivity index is 2.07. The van der Waals surface area contributed by atoms with Gasteiger partial charge in [0.05, 0.1) is 11.0 Å². The lowest BCUT2D eigenvalue weighted by molar-refractivity contribution is -0.384. The average Bonchev–Trinajstić information content (AvgIpc) is 2.65. The predicted molar refractivity (Wildman–Crippen MR) is 106 cm³/mol. The molecule has 0 unspecified atom stereocenters. The minimum Gasteiger partial charge on any atom is -0.339 e. The van der Waals surface area contributed by atoms with Crippen molar-refractivity contribution in [3.63, 3.8) is 0 Å². The number of hydrogen-bond donors (Lipinski definition) is 0. The molecule has 1 heterocycles. The first-order valence-corrected chi connectivity index (χ1v) is 9.85. The summed E-state index contributed by atoms with van der Waals surface area (Å²) in [5.74, 6) is -0.0262. The molecule has 7 nitrogen and oxygen atoms in total. The molecule has 8 heteroatoms. The van der Waals surface area contributed by atoms with Crippen LogP contribution < -0.4 is 0 Å². The number of non-ortho nitro benzene ring substituents is 1. The first kappa shape index (κ1) is 20.8. The molecule has 1 aromatic carbocycles. The molecule has 27 heavy (non-hydrogen) atoms. The van der Waals surface area contributed by atoms with Gasteiger partial charge in [0.15, 0.2) is 5.16 Å². The standard InChI is InChI=1S/C19H24N4O3S/c1-12-17(13(2)21-19(20-12)27-5)9-10-18(24)22(4)14(3)15-7-6-8-16(11-15)23(25)26/h6-8,11,14H,9-10H2,1-5H3/t14-/m0/s1. The zero-order valence-electron chi connectivity index (χ0n) is 16.2. The normalized spacial score (nSPS) is 11.9. The fourth-order valence-corrected chi connectivity index (χ4v) is 3.36. The van der Waals surface area contributed by atoms with Gasteiger partial charge in [-0.1, -0.05) is 23.9 Å². The third kappa shape index (κ3) is 5.03. The maximum absolute atomic E-state index is 12.6. The SMILES string of the molecule is CSc1nc(C)c(CCC(=O)N(C)[C@@H](C)c2cccc([N+](=O)[O-])c2)c(C)n1. The minimum absolute atomic E-state index is 0.0254. The first-order chi connectivity index (χ1) is 12.7. The molecule has 1 atom stereocenters. The van der Waals surface area contributed by atoms with Crippen LogP contribution in [0.15, 0.2) is 29.4 Å². The van der Waals surface area contributed by atoms with Gasteiger partial charge in [0, 0.05) is 37.0 Å². The van der Waals surface area contributed by atoms with E-state index >= 15 is 0 Å². The summed E-state index contributed by atoms with van der Waals surface area (Å²) in [5.41, 5.74) is 3.55. The highest BCUT2D eigenvalue weighted by Gasteiger charge is 2.20. The van der Waals surface area contributed by atoms with Crippen LogP contribution in [0.5, 0.6) is 0 Å². The monoisotopic (exact) mass is 388 g/mol. The van der Waals surface area contributed by atoms with Crippen molar-refractivity contribution < 1.29 is 9.72 Å². The largest absolute Gasteiger partial charge is 0.339 e. The lowest BCUT2D eigenvalue weighted by Crippen LogP contribution is -2.30. The Morgan fingerprint density at radius 2 is 1.93 bits per heavy atom. The Morgan fingerprint density at radius 1 is 1.30 bits per heavy atom. The van der Waals surface area contributed by atoms with Crippen molar-refractivity contribution in [2.75, 3.05) is 13.3 Å². The molecule has 144 valence electrons. The van der Waals surface area contributed by atoms with Gasteiger partial charge in [0.25, 0.3) is 5.69 Å². The number of aryl methyl sites for hydroxylation is 2. The number of thioether (sulfide) groups is 1. The molecular formula is C19H24N4O3S. The van der Waals surface area contributed by atoms with E-state index in [1.54, 1.807) is 24.1 Å². The minimum atomic E-state index is -0.429. The number of aromatic nitrogens is 2. The average molecular weight is 388 g/mol. The fraction of sp³-hybridized carbons (Fsp3) is 0.421. The number of nitro groups is 1. The number of carbonyl (C=O) groups is 1. The van der Waals surface area contributed by atoms with Gasteiger partial charge in [0.2, 0.25) is 5.91 Å². The molecule has 0 fully saturated rings. The Kier molecular flexibility index (Phi) is 6.90. The summed E-state index contributed by atoms with van der Waals surface area (Å²) in [6.07, 6.45) is 2.83. The molecule has 0 aliphatic carbocycles. The van der Waals surface area contributed by atoms with Gasteiger partial charge in [0.1, 0.15) is 0 Å². The molecule has 1 aromatic heterocycles. The second kappa shape index (κ2) is 8.94. The third-order valence-electron chi connectivity index (χ3n) is 4.71.